The molecule has 50 valence electrons. The van der Waals surface area contributed by atoms with E-state index in [1.165, 1.54) is 0 Å². The lowest BCUT2D eigenvalue weighted by Gasteiger charge is -1.87. The molecule has 4 heteroatoms. The van der Waals surface area contributed by atoms with Crippen LogP contribution in [0.1, 0.15) is 0 Å². The Morgan fingerprint density at radius 1 is 1.78 bits per heavy atom. The first-order valence-electron chi connectivity index (χ1n) is 2.62. The highest BCUT2D eigenvalue weighted by molar-refractivity contribution is 5.25. The van der Waals surface area contributed by atoms with Crippen molar-refractivity contribution in [3.63, 3.8) is 0 Å². The Morgan fingerprint density at radius 3 is 2.67 bits per heavy atom. The van der Waals surface area contributed by atoms with Gasteiger partial charge >= 0.3 is 0 Å². The van der Waals surface area contributed by atoms with Gasteiger partial charge in [-0.05, 0) is 0 Å². The molecule has 0 fully saturated rings. The summed E-state index contributed by atoms with van der Waals surface area (Å²) in [6.45, 7) is 0. The monoisotopic (exact) mass is 128 g/mol. The number of nitrogens with two attached hydrogens (primary N) is 1. The maximum atomic E-state index is 5.47. The lowest BCUT2D eigenvalue weighted by atomic mass is 10.6. The number of nitrogen functional groups attached to an aromatic ring is 1. The lowest BCUT2D eigenvalue weighted by molar-refractivity contribution is -0.713. The van der Waals surface area contributed by atoms with Gasteiger partial charge in [0, 0.05) is 0 Å². The third-order valence-corrected chi connectivity index (χ3v) is 1.16. The fraction of sp³-hybridized carbons (Fsp3) is 0.400. The summed E-state index contributed by atoms with van der Waals surface area (Å²) >= 11 is 0. The molecule has 1 aromatic heterocycles. The molecule has 0 saturated heterocycles. The first-order valence-corrected chi connectivity index (χ1v) is 2.62. The predicted octanol–water partition coefficient (Wildman–Crippen LogP) is -0.570. The fourth-order valence-corrected chi connectivity index (χ4v) is 0.598. The van der Waals surface area contributed by atoms with Crippen LogP contribution >= 0.6 is 0 Å². The first-order chi connectivity index (χ1) is 4.24. The number of H-pyrrole nitrogens is 1. The van der Waals surface area contributed by atoms with Crippen molar-refractivity contribution in [1.29, 1.82) is 0 Å². The highest BCUT2D eigenvalue weighted by Crippen LogP contribution is 2.04. The molecular weight excluding hydrogens is 118 g/mol. The minimum absolute atomic E-state index is 0.659. The Hall–Kier alpha value is -1.19. The molecule has 1 aromatic rings. The molecule has 0 aliphatic rings. The first kappa shape index (κ1) is 5.94. The third kappa shape index (κ3) is 0.960. The van der Waals surface area contributed by atoms with Crippen molar-refractivity contribution in [2.75, 3.05) is 12.8 Å². The SMILES string of the molecule is COc1cc(N)[n+](C)[nH]1. The molecule has 0 unspecified atom stereocenters. The summed E-state index contributed by atoms with van der Waals surface area (Å²) in [6.07, 6.45) is 0. The van der Waals surface area contributed by atoms with E-state index in [-0.39, 0.29) is 0 Å². The molecule has 0 bridgehead atoms. The summed E-state index contributed by atoms with van der Waals surface area (Å²) in [6, 6.07) is 1.72. The average molecular weight is 128 g/mol. The van der Waals surface area contributed by atoms with Crippen LogP contribution in [-0.4, -0.2) is 12.2 Å². The second-order valence-electron chi connectivity index (χ2n) is 1.81. The minimum atomic E-state index is 0.659. The van der Waals surface area contributed by atoms with E-state index in [0.717, 1.165) is 0 Å². The number of aromatic nitrogens is 2. The van der Waals surface area contributed by atoms with Crippen molar-refractivity contribution in [3.05, 3.63) is 6.07 Å². The van der Waals surface area contributed by atoms with Crippen LogP contribution in [0.15, 0.2) is 6.07 Å². The normalized spacial score (nSPS) is 9.56. The third-order valence-electron chi connectivity index (χ3n) is 1.16. The van der Waals surface area contributed by atoms with Crippen molar-refractivity contribution in [3.8, 4) is 5.88 Å². The molecule has 0 spiro atoms. The predicted molar refractivity (Wildman–Crippen MR) is 32.9 cm³/mol. The van der Waals surface area contributed by atoms with Crippen molar-refractivity contribution in [2.24, 2.45) is 7.05 Å². The standard InChI is InChI=1S/C5H9N3O/c1-8-4(6)3-5(7-8)9-2/h3H,1-2H3,(H2,6,7)/p+1. The van der Waals surface area contributed by atoms with Crippen LogP contribution in [0.4, 0.5) is 5.82 Å². The summed E-state index contributed by atoms with van der Waals surface area (Å²) in [5.41, 5.74) is 5.47. The highest BCUT2D eigenvalue weighted by Gasteiger charge is 2.03. The van der Waals surface area contributed by atoms with Gasteiger partial charge in [0.25, 0.3) is 5.82 Å². The van der Waals surface area contributed by atoms with Gasteiger partial charge < -0.3 is 4.74 Å². The Bertz CT molecular complexity index is 186. The highest BCUT2D eigenvalue weighted by atomic mass is 16.5. The number of ether oxygens (including phenoxy) is 1. The van der Waals surface area contributed by atoms with Crippen LogP contribution in [0.2, 0.25) is 0 Å². The molecule has 0 amide bonds. The molecule has 0 aliphatic heterocycles. The fourth-order valence-electron chi connectivity index (χ4n) is 0.598. The average Bonchev–Trinajstić information content (AvgIpc) is 2.13. The van der Waals surface area contributed by atoms with Gasteiger partial charge in [0.1, 0.15) is 7.05 Å². The number of methoxy groups -OCH3 is 1. The zero-order valence-corrected chi connectivity index (χ0v) is 5.51. The molecule has 3 N–H and O–H groups in total. The van der Waals surface area contributed by atoms with Crippen LogP contribution in [-0.2, 0) is 7.05 Å². The summed E-state index contributed by atoms with van der Waals surface area (Å²) in [4.78, 5) is 0. The summed E-state index contributed by atoms with van der Waals surface area (Å²) in [5.74, 6) is 1.34. The van der Waals surface area contributed by atoms with Gasteiger partial charge in [-0.3, -0.25) is 5.73 Å². The van der Waals surface area contributed by atoms with E-state index >= 15 is 0 Å². The molecule has 0 aliphatic carbocycles. The van der Waals surface area contributed by atoms with Crippen molar-refractivity contribution in [2.45, 2.75) is 0 Å². The lowest BCUT2D eigenvalue weighted by Crippen LogP contribution is -2.32. The van der Waals surface area contributed by atoms with Crippen molar-refractivity contribution in [1.82, 2.24) is 5.10 Å². The molecule has 4 nitrogen and oxygen atoms in total. The number of hydrogen-bond donors (Lipinski definition) is 2. The van der Waals surface area contributed by atoms with Gasteiger partial charge in [-0.2, -0.15) is 9.78 Å². The number of anilines is 1. The number of aryl methyl sites for hydroxylation is 1. The molecule has 0 atom stereocenters. The molecule has 0 aromatic carbocycles. The van der Waals surface area contributed by atoms with Crippen molar-refractivity contribution < 1.29 is 9.42 Å². The Balaban J connectivity index is 2.98. The Kier molecular flexibility index (Phi) is 1.30. The topological polar surface area (TPSA) is 54.9 Å². The zero-order chi connectivity index (χ0) is 6.85. The summed E-state index contributed by atoms with van der Waals surface area (Å²) in [7, 11) is 3.41. The van der Waals surface area contributed by atoms with Crippen LogP contribution < -0.4 is 15.2 Å². The quantitative estimate of drug-likeness (QED) is 0.498. The molecule has 0 radical (unpaired) electrons. The van der Waals surface area contributed by atoms with Gasteiger partial charge in [0.2, 0.25) is 5.88 Å². The van der Waals surface area contributed by atoms with E-state index in [0.29, 0.717) is 11.7 Å². The van der Waals surface area contributed by atoms with E-state index < -0.39 is 0 Å². The van der Waals surface area contributed by atoms with Crippen LogP contribution in [0, 0.1) is 0 Å². The van der Waals surface area contributed by atoms with E-state index in [9.17, 15) is 0 Å². The Morgan fingerprint density at radius 2 is 2.44 bits per heavy atom. The molecule has 0 saturated carbocycles. The second-order valence-corrected chi connectivity index (χ2v) is 1.81. The van der Waals surface area contributed by atoms with Gasteiger partial charge in [-0.15, -0.1) is 0 Å². The van der Waals surface area contributed by atoms with Crippen LogP contribution in [0.3, 0.4) is 0 Å². The summed E-state index contributed by atoms with van der Waals surface area (Å²) < 4.78 is 6.54. The number of nitrogens with one attached hydrogen (secondary N) is 1. The number of aromatic amines is 1. The molecule has 1 rings (SSSR count). The number of rotatable bonds is 1. The van der Waals surface area contributed by atoms with Gasteiger partial charge in [0.15, 0.2) is 0 Å². The van der Waals surface area contributed by atoms with E-state index in [1.807, 2.05) is 7.05 Å². The minimum Gasteiger partial charge on any atom is -0.480 e. The van der Waals surface area contributed by atoms with Crippen LogP contribution in [0.5, 0.6) is 5.88 Å². The van der Waals surface area contributed by atoms with E-state index in [1.54, 1.807) is 17.9 Å². The van der Waals surface area contributed by atoms with Gasteiger partial charge in [0.05, 0.1) is 13.2 Å². The van der Waals surface area contributed by atoms with E-state index in [2.05, 4.69) is 5.10 Å². The largest absolute Gasteiger partial charge is 0.480 e. The molecule has 9 heavy (non-hydrogen) atoms. The van der Waals surface area contributed by atoms with Gasteiger partial charge in [-0.25, -0.2) is 0 Å². The maximum absolute atomic E-state index is 5.47. The second kappa shape index (κ2) is 1.97. The van der Waals surface area contributed by atoms with E-state index in [4.69, 9.17) is 10.5 Å². The van der Waals surface area contributed by atoms with Crippen molar-refractivity contribution >= 4 is 5.82 Å². The number of hydrogen-bond acceptors (Lipinski definition) is 2. The summed E-state index contributed by atoms with van der Waals surface area (Å²) in [5, 5.41) is 2.86. The maximum Gasteiger partial charge on any atom is 0.296 e. The van der Waals surface area contributed by atoms with Gasteiger partial charge in [-0.1, -0.05) is 0 Å². The molecular formula is C5H10N3O+. The smallest absolute Gasteiger partial charge is 0.296 e. The zero-order valence-electron chi connectivity index (χ0n) is 5.51. The van der Waals surface area contributed by atoms with Crippen LogP contribution in [0.25, 0.3) is 0 Å². The number of nitrogens with zero attached hydrogens (tertiary/aromatic N) is 1. The molecule has 1 heterocycles. The Labute approximate surface area is 53.2 Å².